The second-order valence-electron chi connectivity index (χ2n) is 3.82. The van der Waals surface area contributed by atoms with E-state index in [2.05, 4.69) is 10.1 Å². The smallest absolute Gasteiger partial charge is 0.456 e. The zero-order valence-corrected chi connectivity index (χ0v) is 10.2. The molecule has 0 radical (unpaired) electrons. The van der Waals surface area contributed by atoms with Crippen molar-refractivity contribution in [2.45, 2.75) is 12.1 Å². The highest BCUT2D eigenvalue weighted by Crippen LogP contribution is 2.36. The van der Waals surface area contributed by atoms with E-state index in [0.29, 0.717) is 0 Å². The van der Waals surface area contributed by atoms with Gasteiger partial charge in [0.2, 0.25) is 0 Å². The maximum absolute atomic E-state index is 12.7. The number of benzene rings is 1. The lowest BCUT2D eigenvalue weighted by Gasteiger charge is -2.20. The second-order valence-corrected chi connectivity index (χ2v) is 3.82. The zero-order valence-electron chi connectivity index (χ0n) is 10.2. The van der Waals surface area contributed by atoms with Crippen LogP contribution in [0, 0.1) is 0 Å². The first kappa shape index (κ1) is 16.0. The van der Waals surface area contributed by atoms with Crippen molar-refractivity contribution < 1.29 is 31.5 Å². The van der Waals surface area contributed by atoms with Crippen LogP contribution >= 0.6 is 0 Å². The van der Waals surface area contributed by atoms with E-state index in [-0.39, 0.29) is 11.3 Å². The summed E-state index contributed by atoms with van der Waals surface area (Å²) in [7, 11) is 1.33. The summed E-state index contributed by atoms with van der Waals surface area (Å²) in [6, 6.07) is 3.44. The van der Waals surface area contributed by atoms with Gasteiger partial charge in [0.25, 0.3) is 5.91 Å². The lowest BCUT2D eigenvalue weighted by atomic mass is 10.2. The molecule has 0 unspecified atom stereocenters. The van der Waals surface area contributed by atoms with Gasteiger partial charge in [-0.1, -0.05) is 0 Å². The number of nitrogens with two attached hydrogens (primary N) is 1. The minimum absolute atomic E-state index is 0.0204. The SMILES string of the molecule is CNC(=O)c1ccc(N)c(OCC(F)(F)C(F)(F)F)c1. The van der Waals surface area contributed by atoms with Crippen molar-refractivity contribution in [3.63, 3.8) is 0 Å². The van der Waals surface area contributed by atoms with Gasteiger partial charge in [0.15, 0.2) is 6.61 Å². The van der Waals surface area contributed by atoms with Gasteiger partial charge in [-0.25, -0.2) is 0 Å². The average molecular weight is 298 g/mol. The molecule has 112 valence electrons. The Labute approximate surface area is 110 Å². The van der Waals surface area contributed by atoms with Gasteiger partial charge < -0.3 is 15.8 Å². The molecule has 0 heterocycles. The molecule has 1 aromatic carbocycles. The molecule has 0 aromatic heterocycles. The van der Waals surface area contributed by atoms with Crippen molar-refractivity contribution in [3.8, 4) is 5.75 Å². The minimum Gasteiger partial charge on any atom is -0.485 e. The zero-order chi connectivity index (χ0) is 15.6. The molecule has 4 nitrogen and oxygen atoms in total. The van der Waals surface area contributed by atoms with E-state index >= 15 is 0 Å². The molecule has 0 fully saturated rings. The lowest BCUT2D eigenvalue weighted by Crippen LogP contribution is -2.41. The van der Waals surface area contributed by atoms with Crippen LogP contribution in [0.1, 0.15) is 10.4 Å². The number of hydrogen-bond acceptors (Lipinski definition) is 3. The molecule has 0 spiro atoms. The Morgan fingerprint density at radius 2 is 1.90 bits per heavy atom. The summed E-state index contributed by atoms with van der Waals surface area (Å²) < 4.78 is 65.7. The summed E-state index contributed by atoms with van der Waals surface area (Å²) in [5.74, 6) is -5.99. The Hall–Kier alpha value is -2.06. The van der Waals surface area contributed by atoms with Crippen molar-refractivity contribution in [1.29, 1.82) is 0 Å². The number of nitrogens with one attached hydrogen (secondary N) is 1. The maximum atomic E-state index is 12.7. The summed E-state index contributed by atoms with van der Waals surface area (Å²) in [6.07, 6.45) is -5.72. The van der Waals surface area contributed by atoms with Crippen LogP contribution in [-0.2, 0) is 0 Å². The molecule has 1 aromatic rings. The van der Waals surface area contributed by atoms with Gasteiger partial charge in [-0.15, -0.1) is 0 Å². The normalized spacial score (nSPS) is 12.1. The van der Waals surface area contributed by atoms with E-state index < -0.39 is 30.4 Å². The third-order valence-electron chi connectivity index (χ3n) is 2.33. The van der Waals surface area contributed by atoms with Gasteiger partial charge in [0, 0.05) is 12.6 Å². The molecule has 1 amide bonds. The average Bonchev–Trinajstić information content (AvgIpc) is 2.35. The Morgan fingerprint density at radius 3 is 2.40 bits per heavy atom. The van der Waals surface area contributed by atoms with Crippen molar-refractivity contribution in [1.82, 2.24) is 5.32 Å². The molecule has 3 N–H and O–H groups in total. The fourth-order valence-corrected chi connectivity index (χ4v) is 1.20. The maximum Gasteiger partial charge on any atom is 0.456 e. The molecule has 1 rings (SSSR count). The monoisotopic (exact) mass is 298 g/mol. The van der Waals surface area contributed by atoms with Crippen molar-refractivity contribution >= 4 is 11.6 Å². The van der Waals surface area contributed by atoms with E-state index in [9.17, 15) is 26.7 Å². The standard InChI is InChI=1S/C11H11F5N2O2/c1-18-9(19)6-2-3-7(17)8(4-6)20-5-10(12,13)11(14,15)16/h2-4H,5,17H2,1H3,(H,18,19). The molecule has 0 saturated carbocycles. The van der Waals surface area contributed by atoms with E-state index in [1.54, 1.807) is 0 Å². The topological polar surface area (TPSA) is 64.4 Å². The number of amides is 1. The fourth-order valence-electron chi connectivity index (χ4n) is 1.20. The number of alkyl halides is 5. The molecule has 9 heteroatoms. The predicted molar refractivity (Wildman–Crippen MR) is 60.7 cm³/mol. The number of carbonyl (C=O) groups excluding carboxylic acids is 1. The van der Waals surface area contributed by atoms with Crippen molar-refractivity contribution in [2.24, 2.45) is 0 Å². The van der Waals surface area contributed by atoms with Crippen LogP contribution in [-0.4, -0.2) is 31.7 Å². The minimum atomic E-state index is -5.72. The highest BCUT2D eigenvalue weighted by molar-refractivity contribution is 5.95. The highest BCUT2D eigenvalue weighted by Gasteiger charge is 2.58. The molecular weight excluding hydrogens is 287 g/mol. The molecule has 0 atom stereocenters. The van der Waals surface area contributed by atoms with E-state index in [1.165, 1.54) is 19.2 Å². The van der Waals surface area contributed by atoms with Crippen LogP contribution in [0.3, 0.4) is 0 Å². The van der Waals surface area contributed by atoms with E-state index in [0.717, 1.165) is 6.07 Å². The van der Waals surface area contributed by atoms with Gasteiger partial charge in [0.05, 0.1) is 5.69 Å². The number of rotatable bonds is 4. The highest BCUT2D eigenvalue weighted by atomic mass is 19.4. The van der Waals surface area contributed by atoms with Gasteiger partial charge in [-0.3, -0.25) is 4.79 Å². The summed E-state index contributed by atoms with van der Waals surface area (Å²) in [5, 5.41) is 2.26. The Bertz CT molecular complexity index is 502. The lowest BCUT2D eigenvalue weighted by molar-refractivity contribution is -0.289. The summed E-state index contributed by atoms with van der Waals surface area (Å²) in [5.41, 5.74) is 5.25. The van der Waals surface area contributed by atoms with Crippen molar-refractivity contribution in [3.05, 3.63) is 23.8 Å². The molecule has 0 aliphatic heterocycles. The third kappa shape index (κ3) is 3.49. The Kier molecular flexibility index (Phi) is 4.41. The number of hydrogen-bond donors (Lipinski definition) is 2. The predicted octanol–water partition coefficient (Wildman–Crippen LogP) is 2.20. The quantitative estimate of drug-likeness (QED) is 0.661. The number of ether oxygens (including phenoxy) is 1. The molecule has 0 aliphatic rings. The molecular formula is C11H11F5N2O2. The van der Waals surface area contributed by atoms with Crippen LogP contribution in [0.25, 0.3) is 0 Å². The summed E-state index contributed by atoms with van der Waals surface area (Å²) in [6.45, 7) is -1.92. The Balaban J connectivity index is 2.90. The van der Waals surface area contributed by atoms with Gasteiger partial charge in [0.1, 0.15) is 5.75 Å². The number of nitrogen functional groups attached to an aromatic ring is 1. The van der Waals surface area contributed by atoms with Crippen LogP contribution in [0.4, 0.5) is 27.6 Å². The third-order valence-corrected chi connectivity index (χ3v) is 2.33. The van der Waals surface area contributed by atoms with Crippen molar-refractivity contribution in [2.75, 3.05) is 19.4 Å². The number of anilines is 1. The van der Waals surface area contributed by atoms with Crippen LogP contribution in [0.2, 0.25) is 0 Å². The van der Waals surface area contributed by atoms with Crippen LogP contribution in [0.5, 0.6) is 5.75 Å². The van der Waals surface area contributed by atoms with E-state index in [1.807, 2.05) is 0 Å². The first-order valence-corrected chi connectivity index (χ1v) is 5.27. The first-order valence-electron chi connectivity index (χ1n) is 5.27. The van der Waals surface area contributed by atoms with Gasteiger partial charge >= 0.3 is 12.1 Å². The van der Waals surface area contributed by atoms with Crippen LogP contribution < -0.4 is 15.8 Å². The number of carbonyl (C=O) groups is 1. The molecule has 20 heavy (non-hydrogen) atoms. The summed E-state index contributed by atoms with van der Waals surface area (Å²) >= 11 is 0. The molecule has 0 bridgehead atoms. The molecule has 0 saturated heterocycles. The first-order chi connectivity index (χ1) is 9.08. The largest absolute Gasteiger partial charge is 0.485 e. The fraction of sp³-hybridized carbons (Fsp3) is 0.364. The second kappa shape index (κ2) is 5.51. The van der Waals surface area contributed by atoms with Crippen LogP contribution in [0.15, 0.2) is 18.2 Å². The Morgan fingerprint density at radius 1 is 1.30 bits per heavy atom. The summed E-state index contributed by atoms with van der Waals surface area (Å²) in [4.78, 5) is 11.3. The van der Waals surface area contributed by atoms with Gasteiger partial charge in [-0.2, -0.15) is 22.0 Å². The number of halogens is 5. The molecule has 0 aliphatic carbocycles. The van der Waals surface area contributed by atoms with E-state index in [4.69, 9.17) is 5.73 Å². The van der Waals surface area contributed by atoms with Gasteiger partial charge in [-0.05, 0) is 18.2 Å².